The first-order valence-electron chi connectivity index (χ1n) is 6.64. The molecule has 1 atom stereocenters. The molecule has 0 aliphatic carbocycles. The van der Waals surface area contributed by atoms with Crippen LogP contribution in [0.4, 0.5) is 13.2 Å². The number of hydrogen-bond acceptors (Lipinski definition) is 1. The van der Waals surface area contributed by atoms with Crippen LogP contribution in [0.15, 0.2) is 36.4 Å². The van der Waals surface area contributed by atoms with E-state index in [1.807, 2.05) is 6.92 Å². The van der Waals surface area contributed by atoms with Gasteiger partial charge in [0.25, 0.3) is 0 Å². The fraction of sp³-hybridized carbons (Fsp3) is 0.250. The van der Waals surface area contributed by atoms with E-state index in [2.05, 4.69) is 5.32 Å². The number of hydrogen-bond donors (Lipinski definition) is 1. The van der Waals surface area contributed by atoms with Crippen molar-refractivity contribution in [2.45, 2.75) is 19.4 Å². The lowest BCUT2D eigenvalue weighted by atomic mass is 9.97. The number of likely N-dealkylation sites (N-methyl/N-ethyl adjacent to an activating group) is 1. The predicted molar refractivity (Wildman–Crippen MR) is 77.9 cm³/mol. The average molecular weight is 314 g/mol. The van der Waals surface area contributed by atoms with Crippen LogP contribution in [0.25, 0.3) is 0 Å². The second-order valence-corrected chi connectivity index (χ2v) is 5.08. The van der Waals surface area contributed by atoms with Gasteiger partial charge < -0.3 is 5.32 Å². The van der Waals surface area contributed by atoms with E-state index in [1.54, 1.807) is 12.1 Å². The molecule has 2 rings (SSSR count). The molecule has 0 fully saturated rings. The maximum absolute atomic E-state index is 14.0. The van der Waals surface area contributed by atoms with Crippen molar-refractivity contribution in [2.24, 2.45) is 0 Å². The molecule has 0 aromatic heterocycles. The Balaban J connectivity index is 2.35. The van der Waals surface area contributed by atoms with Gasteiger partial charge in [-0.15, -0.1) is 0 Å². The second-order valence-electron chi connectivity index (χ2n) is 4.67. The van der Waals surface area contributed by atoms with Gasteiger partial charge >= 0.3 is 0 Å². The molecule has 0 radical (unpaired) electrons. The third-order valence-corrected chi connectivity index (χ3v) is 3.55. The molecule has 0 amide bonds. The Morgan fingerprint density at radius 2 is 1.76 bits per heavy atom. The molecule has 2 aromatic carbocycles. The zero-order valence-electron chi connectivity index (χ0n) is 11.5. The molecule has 5 heteroatoms. The summed E-state index contributed by atoms with van der Waals surface area (Å²) in [7, 11) is 0. The fourth-order valence-corrected chi connectivity index (χ4v) is 2.45. The smallest absolute Gasteiger partial charge is 0.163 e. The maximum Gasteiger partial charge on any atom is 0.163 e. The monoisotopic (exact) mass is 313 g/mol. The fourth-order valence-electron chi connectivity index (χ4n) is 2.25. The van der Waals surface area contributed by atoms with Crippen LogP contribution in [0, 0.1) is 17.5 Å². The van der Waals surface area contributed by atoms with Crippen molar-refractivity contribution in [2.75, 3.05) is 6.54 Å². The molecule has 0 heterocycles. The van der Waals surface area contributed by atoms with Gasteiger partial charge in [-0.05, 0) is 30.7 Å². The van der Waals surface area contributed by atoms with Crippen LogP contribution in [0.5, 0.6) is 0 Å². The van der Waals surface area contributed by atoms with Gasteiger partial charge in [0.15, 0.2) is 11.6 Å². The van der Waals surface area contributed by atoms with Crippen molar-refractivity contribution < 1.29 is 13.2 Å². The summed E-state index contributed by atoms with van der Waals surface area (Å²) < 4.78 is 41.3. The van der Waals surface area contributed by atoms with Crippen molar-refractivity contribution >= 4 is 11.6 Å². The molecule has 0 saturated heterocycles. The highest BCUT2D eigenvalue weighted by Crippen LogP contribution is 2.26. The lowest BCUT2D eigenvalue weighted by molar-refractivity contribution is 0.460. The van der Waals surface area contributed by atoms with E-state index in [9.17, 15) is 13.2 Å². The number of benzene rings is 2. The average Bonchev–Trinajstić information content (AvgIpc) is 2.46. The van der Waals surface area contributed by atoms with Gasteiger partial charge in [-0.3, -0.25) is 0 Å². The van der Waals surface area contributed by atoms with Gasteiger partial charge in [0, 0.05) is 11.6 Å². The van der Waals surface area contributed by atoms with Crippen molar-refractivity contribution in [3.05, 3.63) is 70.0 Å². The molecule has 1 N–H and O–H groups in total. The normalized spacial score (nSPS) is 12.4. The zero-order chi connectivity index (χ0) is 15.4. The lowest BCUT2D eigenvalue weighted by Crippen LogP contribution is -2.24. The molecule has 2 aromatic rings. The van der Waals surface area contributed by atoms with Gasteiger partial charge in [0.1, 0.15) is 5.82 Å². The molecule has 0 saturated carbocycles. The standard InChI is InChI=1S/C16H15ClF3N/c1-2-21-14(11-6-4-8-13(18)16(11)20)9-10-5-3-7-12(17)15(10)19/h3-8,14,21H,2,9H2,1H3. The maximum atomic E-state index is 14.0. The van der Waals surface area contributed by atoms with Gasteiger partial charge in [-0.1, -0.05) is 42.8 Å². The van der Waals surface area contributed by atoms with E-state index in [0.29, 0.717) is 12.1 Å². The minimum atomic E-state index is -0.915. The Morgan fingerprint density at radius 3 is 2.48 bits per heavy atom. The van der Waals surface area contributed by atoms with Crippen LogP contribution >= 0.6 is 11.6 Å². The third-order valence-electron chi connectivity index (χ3n) is 3.26. The summed E-state index contributed by atoms with van der Waals surface area (Å²) in [4.78, 5) is 0. The number of halogens is 4. The van der Waals surface area contributed by atoms with Crippen molar-refractivity contribution in [1.29, 1.82) is 0 Å². The van der Waals surface area contributed by atoms with E-state index < -0.39 is 23.5 Å². The molecule has 0 aliphatic heterocycles. The van der Waals surface area contributed by atoms with Crippen LogP contribution in [0.2, 0.25) is 5.02 Å². The molecule has 112 valence electrons. The summed E-state index contributed by atoms with van der Waals surface area (Å²) in [5.41, 5.74) is 0.535. The van der Waals surface area contributed by atoms with Crippen molar-refractivity contribution in [1.82, 2.24) is 5.32 Å². The van der Waals surface area contributed by atoms with Gasteiger partial charge in [0.2, 0.25) is 0 Å². The summed E-state index contributed by atoms with van der Waals surface area (Å²) >= 11 is 5.75. The summed E-state index contributed by atoms with van der Waals surface area (Å²) in [6.07, 6.45) is 0.181. The molecule has 1 nitrogen and oxygen atoms in total. The van der Waals surface area contributed by atoms with Crippen LogP contribution < -0.4 is 5.32 Å². The van der Waals surface area contributed by atoms with E-state index in [-0.39, 0.29) is 17.0 Å². The quantitative estimate of drug-likeness (QED) is 0.847. The molecule has 0 spiro atoms. The van der Waals surface area contributed by atoms with E-state index in [1.165, 1.54) is 18.2 Å². The highest BCUT2D eigenvalue weighted by Gasteiger charge is 2.19. The first-order valence-corrected chi connectivity index (χ1v) is 7.02. The minimum absolute atomic E-state index is 0.0162. The van der Waals surface area contributed by atoms with Gasteiger partial charge in [-0.25, -0.2) is 13.2 Å². The first kappa shape index (κ1) is 15.9. The highest BCUT2D eigenvalue weighted by molar-refractivity contribution is 6.30. The Morgan fingerprint density at radius 1 is 1.05 bits per heavy atom. The Hall–Kier alpha value is -1.52. The SMILES string of the molecule is CCNC(Cc1cccc(Cl)c1F)c1cccc(F)c1F. The Bertz CT molecular complexity index is 631. The third kappa shape index (κ3) is 3.57. The molecule has 0 bridgehead atoms. The molecule has 1 unspecified atom stereocenters. The Kier molecular flexibility index (Phi) is 5.26. The first-order chi connectivity index (χ1) is 10.0. The number of rotatable bonds is 5. The summed E-state index contributed by atoms with van der Waals surface area (Å²) in [6, 6.07) is 8.13. The minimum Gasteiger partial charge on any atom is -0.310 e. The molecular formula is C16H15ClF3N. The largest absolute Gasteiger partial charge is 0.310 e. The van der Waals surface area contributed by atoms with Crippen molar-refractivity contribution in [3.8, 4) is 0 Å². The van der Waals surface area contributed by atoms with E-state index in [0.717, 1.165) is 6.07 Å². The van der Waals surface area contributed by atoms with Crippen LogP contribution in [-0.4, -0.2) is 6.54 Å². The number of nitrogens with one attached hydrogen (secondary N) is 1. The van der Waals surface area contributed by atoms with Crippen molar-refractivity contribution in [3.63, 3.8) is 0 Å². The van der Waals surface area contributed by atoms with Gasteiger partial charge in [-0.2, -0.15) is 0 Å². The second kappa shape index (κ2) is 6.96. The van der Waals surface area contributed by atoms with Crippen LogP contribution in [0.1, 0.15) is 24.1 Å². The summed E-state index contributed by atoms with van der Waals surface area (Å²) in [6.45, 7) is 2.39. The highest BCUT2D eigenvalue weighted by atomic mass is 35.5. The Labute approximate surface area is 126 Å². The van der Waals surface area contributed by atoms with Crippen LogP contribution in [-0.2, 0) is 6.42 Å². The van der Waals surface area contributed by atoms with Gasteiger partial charge in [0.05, 0.1) is 5.02 Å². The molecule has 21 heavy (non-hydrogen) atoms. The zero-order valence-corrected chi connectivity index (χ0v) is 12.2. The van der Waals surface area contributed by atoms with E-state index in [4.69, 9.17) is 11.6 Å². The summed E-state index contributed by atoms with van der Waals surface area (Å²) in [5, 5.41) is 3.06. The summed E-state index contributed by atoms with van der Waals surface area (Å²) in [5.74, 6) is -2.35. The molecule has 0 aliphatic rings. The van der Waals surface area contributed by atoms with Crippen LogP contribution in [0.3, 0.4) is 0 Å². The van der Waals surface area contributed by atoms with E-state index >= 15 is 0 Å². The predicted octanol–water partition coefficient (Wildman–Crippen LogP) is 4.65. The topological polar surface area (TPSA) is 12.0 Å². The molecular weight excluding hydrogens is 299 g/mol. The lowest BCUT2D eigenvalue weighted by Gasteiger charge is -2.20.